The van der Waals surface area contributed by atoms with Gasteiger partial charge in [-0.3, -0.25) is 4.79 Å². The zero-order valence-electron chi connectivity index (χ0n) is 15.3. The van der Waals surface area contributed by atoms with Crippen LogP contribution in [0.1, 0.15) is 43.0 Å². The van der Waals surface area contributed by atoms with Gasteiger partial charge in [-0.1, -0.05) is 35.9 Å². The molecule has 138 valence electrons. The van der Waals surface area contributed by atoms with Gasteiger partial charge < -0.3 is 10.1 Å². The lowest BCUT2D eigenvalue weighted by Gasteiger charge is -2.38. The number of rotatable bonds is 5. The van der Waals surface area contributed by atoms with Crippen LogP contribution in [0.3, 0.4) is 0 Å². The van der Waals surface area contributed by atoms with Crippen LogP contribution in [0.2, 0.25) is 5.02 Å². The van der Waals surface area contributed by atoms with Crippen molar-refractivity contribution in [2.45, 2.75) is 44.6 Å². The first-order valence-corrected chi connectivity index (χ1v) is 10.3. The molecule has 0 bridgehead atoms. The predicted molar refractivity (Wildman–Crippen MR) is 109 cm³/mol. The highest BCUT2D eigenvalue weighted by Gasteiger charge is 2.34. The maximum atomic E-state index is 12.4. The third kappa shape index (κ3) is 4.95. The molecule has 0 aliphatic carbocycles. The van der Waals surface area contributed by atoms with Crippen molar-refractivity contribution in [2.75, 3.05) is 5.75 Å². The van der Waals surface area contributed by atoms with Crippen molar-refractivity contribution in [3.8, 4) is 5.75 Å². The molecule has 3 rings (SSSR count). The number of hydrogen-bond donors (Lipinski definition) is 1. The molecule has 26 heavy (non-hydrogen) atoms. The van der Waals surface area contributed by atoms with Crippen LogP contribution >= 0.6 is 23.4 Å². The summed E-state index contributed by atoms with van der Waals surface area (Å²) in [4.78, 5) is 12.4. The van der Waals surface area contributed by atoms with E-state index in [0.29, 0.717) is 5.75 Å². The van der Waals surface area contributed by atoms with E-state index in [9.17, 15) is 4.79 Å². The molecule has 1 aliphatic heterocycles. The first kappa shape index (κ1) is 19.1. The van der Waals surface area contributed by atoms with E-state index in [-0.39, 0.29) is 17.6 Å². The third-order valence-corrected chi connectivity index (χ3v) is 5.63. The standard InChI is InChI=1S/C21H24ClNO2S/c1-14-4-9-17-18(11-21(2,3)25-19(17)10-14)23-20(24)13-26-12-15-5-7-16(22)8-6-15/h4-10,18H,11-13H2,1-3H3,(H,23,24). The van der Waals surface area contributed by atoms with Crippen molar-refractivity contribution in [3.63, 3.8) is 0 Å². The number of fused-ring (bicyclic) bond motifs is 1. The summed E-state index contributed by atoms with van der Waals surface area (Å²) in [7, 11) is 0. The summed E-state index contributed by atoms with van der Waals surface area (Å²) in [5, 5.41) is 3.91. The normalized spacial score (nSPS) is 17.9. The Kier molecular flexibility index (Phi) is 5.83. The van der Waals surface area contributed by atoms with Crippen molar-refractivity contribution >= 4 is 29.3 Å². The Morgan fingerprint density at radius 2 is 2.00 bits per heavy atom. The monoisotopic (exact) mass is 389 g/mol. The van der Waals surface area contributed by atoms with Crippen molar-refractivity contribution < 1.29 is 9.53 Å². The lowest BCUT2D eigenvalue weighted by Crippen LogP contribution is -2.41. The Morgan fingerprint density at radius 3 is 2.73 bits per heavy atom. The first-order valence-electron chi connectivity index (χ1n) is 8.73. The van der Waals surface area contributed by atoms with Gasteiger partial charge in [0.2, 0.25) is 5.91 Å². The predicted octanol–water partition coefficient (Wildman–Crippen LogP) is 5.30. The van der Waals surface area contributed by atoms with Crippen molar-refractivity contribution in [1.29, 1.82) is 0 Å². The molecular weight excluding hydrogens is 366 g/mol. The second kappa shape index (κ2) is 7.93. The fraction of sp³-hybridized carbons (Fsp3) is 0.381. The van der Waals surface area contributed by atoms with Gasteiger partial charge in [-0.2, -0.15) is 0 Å². The van der Waals surface area contributed by atoms with E-state index in [2.05, 4.69) is 31.3 Å². The fourth-order valence-electron chi connectivity index (χ4n) is 3.17. The lowest BCUT2D eigenvalue weighted by atomic mass is 9.89. The summed E-state index contributed by atoms with van der Waals surface area (Å²) in [6.07, 6.45) is 0.761. The van der Waals surface area contributed by atoms with Crippen LogP contribution in [0, 0.1) is 6.92 Å². The Hall–Kier alpha value is -1.65. The number of hydrogen-bond acceptors (Lipinski definition) is 3. The molecule has 0 radical (unpaired) electrons. The Labute approximate surface area is 164 Å². The number of aryl methyl sites for hydroxylation is 1. The number of nitrogens with one attached hydrogen (secondary N) is 1. The molecule has 5 heteroatoms. The molecule has 1 amide bonds. The molecule has 0 aromatic heterocycles. The van der Waals surface area contributed by atoms with Crippen LogP contribution in [0.4, 0.5) is 0 Å². The zero-order valence-corrected chi connectivity index (χ0v) is 16.9. The molecule has 0 saturated heterocycles. The summed E-state index contributed by atoms with van der Waals surface area (Å²) in [6, 6.07) is 13.9. The van der Waals surface area contributed by atoms with Crippen molar-refractivity contribution in [1.82, 2.24) is 5.32 Å². The molecule has 3 nitrogen and oxygen atoms in total. The molecule has 2 aromatic carbocycles. The van der Waals surface area contributed by atoms with Gasteiger partial charge in [0.1, 0.15) is 11.4 Å². The number of ether oxygens (including phenoxy) is 1. The van der Waals surface area contributed by atoms with Gasteiger partial charge in [-0.05, 0) is 50.1 Å². The van der Waals surface area contributed by atoms with E-state index in [1.807, 2.05) is 37.3 Å². The maximum Gasteiger partial charge on any atom is 0.230 e. The van der Waals surface area contributed by atoms with Crippen LogP contribution in [-0.2, 0) is 10.5 Å². The van der Waals surface area contributed by atoms with Crippen molar-refractivity contribution in [3.05, 3.63) is 64.2 Å². The largest absolute Gasteiger partial charge is 0.487 e. The molecule has 0 spiro atoms. The SMILES string of the molecule is Cc1ccc2c(c1)OC(C)(C)CC2NC(=O)CSCc1ccc(Cl)cc1. The second-order valence-corrected chi connectivity index (χ2v) is 8.77. The van der Waals surface area contributed by atoms with E-state index in [1.165, 1.54) is 5.56 Å². The van der Waals surface area contributed by atoms with Gasteiger partial charge in [-0.15, -0.1) is 11.8 Å². The van der Waals surface area contributed by atoms with E-state index < -0.39 is 0 Å². The average Bonchev–Trinajstić information content (AvgIpc) is 2.55. The summed E-state index contributed by atoms with van der Waals surface area (Å²) < 4.78 is 6.09. The van der Waals surface area contributed by atoms with Gasteiger partial charge >= 0.3 is 0 Å². The Balaban J connectivity index is 1.59. The third-order valence-electron chi connectivity index (χ3n) is 4.38. The van der Waals surface area contributed by atoms with Gasteiger partial charge in [0.05, 0.1) is 11.8 Å². The quantitative estimate of drug-likeness (QED) is 0.753. The first-order chi connectivity index (χ1) is 12.3. The molecule has 1 heterocycles. The fourth-order valence-corrected chi connectivity index (χ4v) is 4.09. The topological polar surface area (TPSA) is 38.3 Å². The van der Waals surface area contributed by atoms with E-state index in [0.717, 1.165) is 34.1 Å². The number of carbonyl (C=O) groups excluding carboxylic acids is 1. The number of amides is 1. The summed E-state index contributed by atoms with van der Waals surface area (Å²) >= 11 is 7.50. The highest BCUT2D eigenvalue weighted by Crippen LogP contribution is 2.39. The maximum absolute atomic E-state index is 12.4. The van der Waals surface area contributed by atoms with Gasteiger partial charge in [0, 0.05) is 22.8 Å². The summed E-state index contributed by atoms with van der Waals surface area (Å²) in [6.45, 7) is 6.17. The van der Waals surface area contributed by atoms with Crippen LogP contribution < -0.4 is 10.1 Å². The second-order valence-electron chi connectivity index (χ2n) is 7.35. The van der Waals surface area contributed by atoms with Crippen molar-refractivity contribution in [2.24, 2.45) is 0 Å². The summed E-state index contributed by atoms with van der Waals surface area (Å²) in [5.41, 5.74) is 3.09. The Bertz CT molecular complexity index is 789. The van der Waals surface area contributed by atoms with Crippen LogP contribution in [0.5, 0.6) is 5.75 Å². The molecule has 0 saturated carbocycles. The van der Waals surface area contributed by atoms with Gasteiger partial charge in [-0.25, -0.2) is 0 Å². The minimum Gasteiger partial charge on any atom is -0.487 e. The zero-order chi connectivity index (χ0) is 18.7. The molecule has 1 atom stereocenters. The van der Waals surface area contributed by atoms with Crippen LogP contribution in [0.25, 0.3) is 0 Å². The van der Waals surface area contributed by atoms with Gasteiger partial charge in [0.25, 0.3) is 0 Å². The molecule has 1 aliphatic rings. The van der Waals surface area contributed by atoms with E-state index in [1.54, 1.807) is 11.8 Å². The molecule has 1 N–H and O–H groups in total. The summed E-state index contributed by atoms with van der Waals surface area (Å²) in [5.74, 6) is 2.15. The molecule has 1 unspecified atom stereocenters. The average molecular weight is 390 g/mol. The molecule has 2 aromatic rings. The number of halogens is 1. The minimum absolute atomic E-state index is 0.0158. The van der Waals surface area contributed by atoms with Crippen LogP contribution in [0.15, 0.2) is 42.5 Å². The minimum atomic E-state index is -0.296. The number of carbonyl (C=O) groups is 1. The molecular formula is C21H24ClNO2S. The van der Waals surface area contributed by atoms with Crippen LogP contribution in [-0.4, -0.2) is 17.3 Å². The Morgan fingerprint density at radius 1 is 1.27 bits per heavy atom. The highest BCUT2D eigenvalue weighted by atomic mass is 35.5. The van der Waals surface area contributed by atoms with E-state index in [4.69, 9.17) is 16.3 Å². The van der Waals surface area contributed by atoms with Gasteiger partial charge in [0.15, 0.2) is 0 Å². The number of benzene rings is 2. The highest BCUT2D eigenvalue weighted by molar-refractivity contribution is 7.99. The smallest absolute Gasteiger partial charge is 0.230 e. The molecule has 0 fully saturated rings. The van der Waals surface area contributed by atoms with E-state index >= 15 is 0 Å². The lowest BCUT2D eigenvalue weighted by molar-refractivity contribution is -0.119. The number of thioether (sulfide) groups is 1.